The third-order valence-electron chi connectivity index (χ3n) is 0.978. The highest BCUT2D eigenvalue weighted by molar-refractivity contribution is 8.92. The van der Waals surface area contributed by atoms with Gasteiger partial charge in [-0.1, -0.05) is 12.2 Å². The normalized spacial score (nSPS) is 31.6. The van der Waals surface area contributed by atoms with Crippen molar-refractivity contribution in [2.45, 2.75) is 0 Å². The van der Waals surface area contributed by atoms with Crippen molar-refractivity contribution in [2.24, 2.45) is 0 Å². The molecular formula is C4OS5. The summed E-state index contributed by atoms with van der Waals surface area (Å²) in [5.41, 5.74) is 0. The molecule has 2 aliphatic rings. The quantitative estimate of drug-likeness (QED) is 0.355. The molecule has 2 saturated heterocycles. The highest BCUT2D eigenvalue weighted by Gasteiger charge is 2.33. The first kappa shape index (κ1) is 7.54. The summed E-state index contributed by atoms with van der Waals surface area (Å²) >= 11 is 4.94. The van der Waals surface area contributed by atoms with Gasteiger partial charge >= 0.3 is 0 Å². The van der Waals surface area contributed by atoms with Crippen molar-refractivity contribution in [3.8, 4) is 0 Å². The zero-order chi connectivity index (χ0) is 7.14. The molecule has 2 fully saturated rings. The maximum atomic E-state index is 10.8. The molecule has 0 unspecified atom stereocenters. The van der Waals surface area contributed by atoms with Gasteiger partial charge in [-0.2, -0.15) is 0 Å². The molecule has 0 aliphatic carbocycles. The summed E-state index contributed by atoms with van der Waals surface area (Å²) in [6.07, 6.45) is 0. The summed E-state index contributed by atoms with van der Waals surface area (Å²) in [4.78, 5) is 12.7. The lowest BCUT2D eigenvalue weighted by atomic mass is 10.5. The number of hydrogen-bond acceptors (Lipinski definition) is 6. The van der Waals surface area contributed by atoms with E-state index in [9.17, 15) is 4.79 Å². The fraction of sp³-hybridized carbons (Fsp3) is 0. The first-order valence-electron chi connectivity index (χ1n) is 2.31. The Bertz CT molecular complexity index is 228. The summed E-state index contributed by atoms with van der Waals surface area (Å²) in [7, 11) is 5.98. The van der Waals surface area contributed by atoms with Crippen molar-refractivity contribution in [3.63, 3.8) is 0 Å². The summed E-state index contributed by atoms with van der Waals surface area (Å²) in [6, 6.07) is 0. The largest absolute Gasteiger partial charge is 0.280 e. The minimum atomic E-state index is 0.176. The second-order valence-corrected chi connectivity index (χ2v) is 6.50. The number of rotatable bonds is 0. The van der Waals surface area contributed by atoms with Crippen molar-refractivity contribution < 1.29 is 4.79 Å². The molecule has 0 N–H and O–H groups in total. The monoisotopic (exact) mass is 224 g/mol. The Kier molecular flexibility index (Phi) is 2.07. The topological polar surface area (TPSA) is 17.1 Å². The van der Waals surface area contributed by atoms with Gasteiger partial charge in [0.25, 0.3) is 0 Å². The van der Waals surface area contributed by atoms with Gasteiger partial charge in [-0.3, -0.25) is 4.79 Å². The lowest BCUT2D eigenvalue weighted by Gasteiger charge is -2.22. The molecule has 2 rings (SSSR count). The molecule has 0 amide bonds. The molecule has 1 nitrogen and oxygen atoms in total. The summed E-state index contributed by atoms with van der Waals surface area (Å²) in [5.74, 6) is 0. The van der Waals surface area contributed by atoms with E-state index in [1.807, 2.05) is 0 Å². The second kappa shape index (κ2) is 2.75. The third kappa shape index (κ3) is 1.06. The van der Waals surface area contributed by atoms with Crippen molar-refractivity contribution in [3.05, 3.63) is 9.81 Å². The van der Waals surface area contributed by atoms with E-state index in [-0.39, 0.29) is 5.12 Å². The Morgan fingerprint density at radius 2 is 1.70 bits per heavy atom. The van der Waals surface area contributed by atoms with Gasteiger partial charge in [0.05, 0.1) is 14.0 Å². The average molecular weight is 224 g/mol. The number of thiocarbonyl (C=S) groups is 1. The molecule has 2 heterocycles. The second-order valence-electron chi connectivity index (χ2n) is 1.57. The lowest BCUT2D eigenvalue weighted by molar-refractivity contribution is -0.107. The summed E-state index contributed by atoms with van der Waals surface area (Å²) < 4.78 is 0.876. The zero-order valence-corrected chi connectivity index (χ0v) is 8.53. The van der Waals surface area contributed by atoms with Crippen LogP contribution < -0.4 is 0 Å². The van der Waals surface area contributed by atoms with E-state index in [0.29, 0.717) is 0 Å². The molecule has 0 aromatic rings. The Balaban J connectivity index is 2.28. The first-order chi connectivity index (χ1) is 4.79. The SMILES string of the molecule is O=C1SS/C1=C1/SSC1=S. The van der Waals surface area contributed by atoms with Crippen molar-refractivity contribution in [1.82, 2.24) is 0 Å². The minimum absolute atomic E-state index is 0.176. The predicted octanol–water partition coefficient (Wildman–Crippen LogP) is 2.84. The Labute approximate surface area is 78.9 Å². The third-order valence-corrected chi connectivity index (χ3v) is 6.73. The standard InChI is InChI=1S/C4OS5/c5-3-1(7-9-3)2-4(6)10-8-2/b2-1+. The van der Waals surface area contributed by atoms with E-state index in [4.69, 9.17) is 12.2 Å². The van der Waals surface area contributed by atoms with Gasteiger partial charge in [-0.15, -0.1) is 0 Å². The fourth-order valence-corrected chi connectivity index (χ4v) is 4.90. The molecule has 0 spiro atoms. The van der Waals surface area contributed by atoms with E-state index in [0.717, 1.165) is 14.0 Å². The van der Waals surface area contributed by atoms with Crippen LogP contribution >= 0.6 is 55.4 Å². The molecule has 0 aromatic carbocycles. The average Bonchev–Trinajstić information content (AvgIpc) is 1.93. The molecular weight excluding hydrogens is 224 g/mol. The molecule has 0 aromatic heterocycles. The first-order valence-corrected chi connectivity index (χ1v) is 7.02. The Hall–Kier alpha value is 0.900. The zero-order valence-electron chi connectivity index (χ0n) is 4.45. The van der Waals surface area contributed by atoms with Crippen LogP contribution in [0.3, 0.4) is 0 Å². The van der Waals surface area contributed by atoms with Gasteiger partial charge in [-0.25, -0.2) is 0 Å². The van der Waals surface area contributed by atoms with E-state index < -0.39 is 0 Å². The van der Waals surface area contributed by atoms with Crippen LogP contribution in [-0.2, 0) is 4.79 Å². The van der Waals surface area contributed by atoms with Gasteiger partial charge in [0.15, 0.2) is 0 Å². The minimum Gasteiger partial charge on any atom is -0.280 e. The number of hydrogen-bond donors (Lipinski definition) is 0. The van der Waals surface area contributed by atoms with Crippen LogP contribution in [-0.4, -0.2) is 9.31 Å². The fourth-order valence-electron chi connectivity index (χ4n) is 0.496. The summed E-state index contributed by atoms with van der Waals surface area (Å²) in [6.45, 7) is 0. The van der Waals surface area contributed by atoms with Gasteiger partial charge < -0.3 is 0 Å². The van der Waals surface area contributed by atoms with Gasteiger partial charge in [0.1, 0.15) is 0 Å². The van der Waals surface area contributed by atoms with Crippen LogP contribution in [0.25, 0.3) is 0 Å². The van der Waals surface area contributed by atoms with Crippen molar-refractivity contribution >= 4 is 64.7 Å². The van der Waals surface area contributed by atoms with Crippen LogP contribution in [0.4, 0.5) is 0 Å². The Morgan fingerprint density at radius 1 is 1.00 bits per heavy atom. The van der Waals surface area contributed by atoms with Crippen LogP contribution in [0.1, 0.15) is 0 Å². The molecule has 0 radical (unpaired) electrons. The van der Waals surface area contributed by atoms with Crippen molar-refractivity contribution in [2.75, 3.05) is 0 Å². The molecule has 2 aliphatic heterocycles. The predicted molar refractivity (Wildman–Crippen MR) is 55.0 cm³/mol. The Morgan fingerprint density at radius 3 is 1.80 bits per heavy atom. The van der Waals surface area contributed by atoms with E-state index in [1.165, 1.54) is 21.6 Å². The van der Waals surface area contributed by atoms with Gasteiger partial charge in [-0.05, 0) is 43.2 Å². The lowest BCUT2D eigenvalue weighted by Crippen LogP contribution is -2.10. The smallest absolute Gasteiger partial charge is 0.238 e. The van der Waals surface area contributed by atoms with Gasteiger partial charge in [0, 0.05) is 0 Å². The van der Waals surface area contributed by atoms with Crippen molar-refractivity contribution in [1.29, 1.82) is 0 Å². The highest BCUT2D eigenvalue weighted by Crippen LogP contribution is 2.57. The number of carbonyl (C=O) groups is 1. The summed E-state index contributed by atoms with van der Waals surface area (Å²) in [5, 5.41) is 0.176. The van der Waals surface area contributed by atoms with Crippen LogP contribution in [0.2, 0.25) is 0 Å². The number of carbonyl (C=O) groups excluding carboxylic acids is 1. The molecule has 0 saturated carbocycles. The maximum absolute atomic E-state index is 10.8. The maximum Gasteiger partial charge on any atom is 0.238 e. The van der Waals surface area contributed by atoms with Crippen LogP contribution in [0.15, 0.2) is 9.81 Å². The van der Waals surface area contributed by atoms with E-state index in [1.54, 1.807) is 21.6 Å². The van der Waals surface area contributed by atoms with Gasteiger partial charge in [0.2, 0.25) is 5.12 Å². The molecule has 52 valence electrons. The van der Waals surface area contributed by atoms with Crippen LogP contribution in [0.5, 0.6) is 0 Å². The van der Waals surface area contributed by atoms with E-state index in [2.05, 4.69) is 0 Å². The molecule has 6 heteroatoms. The highest BCUT2D eigenvalue weighted by atomic mass is 33.1. The molecule has 0 atom stereocenters. The molecule has 10 heavy (non-hydrogen) atoms. The molecule has 0 bridgehead atoms. The van der Waals surface area contributed by atoms with Crippen LogP contribution in [0, 0.1) is 0 Å². The van der Waals surface area contributed by atoms with E-state index >= 15 is 0 Å².